The van der Waals surface area contributed by atoms with Crippen molar-refractivity contribution >= 4 is 40.2 Å². The van der Waals surface area contributed by atoms with Gasteiger partial charge in [-0.2, -0.15) is 5.10 Å². The largest absolute Gasteiger partial charge is 0.465 e. The smallest absolute Gasteiger partial charge is 0.337 e. The lowest BCUT2D eigenvalue weighted by molar-refractivity contribution is -0.115. The minimum absolute atomic E-state index is 0.0922. The number of hydrogen-bond donors (Lipinski definition) is 1. The van der Waals surface area contributed by atoms with Crippen molar-refractivity contribution in [3.05, 3.63) is 45.5 Å². The molecule has 0 radical (unpaired) electrons. The molecule has 0 spiro atoms. The zero-order valence-electron chi connectivity index (χ0n) is 20.5. The van der Waals surface area contributed by atoms with E-state index in [1.807, 2.05) is 20.9 Å². The summed E-state index contributed by atoms with van der Waals surface area (Å²) in [6.45, 7) is 6.49. The van der Waals surface area contributed by atoms with Gasteiger partial charge in [0, 0.05) is 13.7 Å². The lowest BCUT2D eigenvalue weighted by Crippen LogP contribution is -2.30. The fourth-order valence-electron chi connectivity index (χ4n) is 4.08. The maximum Gasteiger partial charge on any atom is 0.337 e. The van der Waals surface area contributed by atoms with Crippen LogP contribution in [0.1, 0.15) is 41.5 Å². The van der Waals surface area contributed by atoms with Crippen LogP contribution in [-0.2, 0) is 27.9 Å². The molecule has 0 bridgehead atoms. The summed E-state index contributed by atoms with van der Waals surface area (Å²) in [6, 6.07) is 4.67. The number of rotatable bonds is 7. The van der Waals surface area contributed by atoms with Crippen LogP contribution in [0.25, 0.3) is 10.9 Å². The van der Waals surface area contributed by atoms with Crippen LogP contribution in [0.3, 0.4) is 0 Å². The fourth-order valence-corrected chi connectivity index (χ4v) is 5.00. The number of carbonyl (C=O) groups excluding carboxylic acids is 2. The van der Waals surface area contributed by atoms with E-state index in [2.05, 4.69) is 10.4 Å². The molecule has 35 heavy (non-hydrogen) atoms. The molecule has 1 amide bonds. The summed E-state index contributed by atoms with van der Waals surface area (Å²) in [5.74, 6) is -0.739. The Labute approximate surface area is 207 Å². The van der Waals surface area contributed by atoms with Crippen LogP contribution < -0.4 is 10.9 Å². The molecule has 186 valence electrons. The minimum atomic E-state index is -0.558. The number of carbonyl (C=O) groups is 2. The highest BCUT2D eigenvalue weighted by atomic mass is 32.2. The quantitative estimate of drug-likeness (QED) is 0.300. The highest BCUT2D eigenvalue weighted by molar-refractivity contribution is 8.00. The zero-order valence-corrected chi connectivity index (χ0v) is 21.3. The van der Waals surface area contributed by atoms with E-state index < -0.39 is 11.2 Å². The monoisotopic (exact) mass is 499 g/mol. The summed E-state index contributed by atoms with van der Waals surface area (Å²) in [4.78, 5) is 43.2. The first kappa shape index (κ1) is 24.9. The molecule has 2 unspecified atom stereocenters. The van der Waals surface area contributed by atoms with Crippen molar-refractivity contribution in [3.63, 3.8) is 0 Å². The van der Waals surface area contributed by atoms with E-state index in [1.165, 1.54) is 24.9 Å². The van der Waals surface area contributed by atoms with Gasteiger partial charge in [0.1, 0.15) is 0 Å². The van der Waals surface area contributed by atoms with Crippen LogP contribution in [0, 0.1) is 13.8 Å². The Morgan fingerprint density at radius 3 is 2.74 bits per heavy atom. The van der Waals surface area contributed by atoms with E-state index in [1.54, 1.807) is 28.3 Å². The Balaban J connectivity index is 1.69. The summed E-state index contributed by atoms with van der Waals surface area (Å²) in [5, 5.41) is 7.51. The minimum Gasteiger partial charge on any atom is -0.465 e. The highest BCUT2D eigenvalue weighted by Gasteiger charge is 2.24. The Hall–Kier alpha value is -3.18. The third kappa shape index (κ3) is 5.10. The number of amides is 1. The number of hydrogen-bond acceptors (Lipinski definition) is 8. The molecule has 1 N–H and O–H groups in total. The van der Waals surface area contributed by atoms with E-state index in [0.29, 0.717) is 40.5 Å². The number of thioether (sulfide) groups is 1. The van der Waals surface area contributed by atoms with Crippen LogP contribution in [0.2, 0.25) is 0 Å². The number of aryl methyl sites for hydroxylation is 2. The van der Waals surface area contributed by atoms with Crippen molar-refractivity contribution in [1.82, 2.24) is 19.3 Å². The lowest BCUT2D eigenvalue weighted by Gasteiger charge is -2.19. The highest BCUT2D eigenvalue weighted by Crippen LogP contribution is 2.27. The molecule has 3 aromatic rings. The van der Waals surface area contributed by atoms with E-state index >= 15 is 0 Å². The average molecular weight is 500 g/mol. The molecular formula is C24H29N5O5S. The van der Waals surface area contributed by atoms with Crippen molar-refractivity contribution in [2.24, 2.45) is 7.05 Å². The first-order valence-corrected chi connectivity index (χ1v) is 12.3. The van der Waals surface area contributed by atoms with Gasteiger partial charge in [-0.25, -0.2) is 9.78 Å². The second kappa shape index (κ2) is 10.2. The van der Waals surface area contributed by atoms with Crippen LogP contribution in [-0.4, -0.2) is 56.3 Å². The molecular weight excluding hydrogens is 470 g/mol. The summed E-state index contributed by atoms with van der Waals surface area (Å²) in [6.07, 6.45) is 1.70. The Morgan fingerprint density at radius 1 is 1.34 bits per heavy atom. The number of ether oxygens (including phenoxy) is 2. The zero-order chi connectivity index (χ0) is 25.3. The molecule has 10 nitrogen and oxygen atoms in total. The summed E-state index contributed by atoms with van der Waals surface area (Å²) in [5.41, 5.74) is 2.68. The summed E-state index contributed by atoms with van der Waals surface area (Å²) >= 11 is 1.19. The standard InChI is InChI=1S/C24H29N5O5S/c1-13-20(14(2)28(4)27-13)26-21(30)15(3)35-24-25-19-11-16(23(32)33-5)8-9-18(19)22(31)29(24)12-17-7-6-10-34-17/h8-9,11,15,17H,6-7,10,12H2,1-5H3,(H,26,30). The third-order valence-electron chi connectivity index (χ3n) is 6.16. The molecule has 1 aliphatic rings. The van der Waals surface area contributed by atoms with Gasteiger partial charge in [-0.15, -0.1) is 0 Å². The molecule has 0 saturated carbocycles. The normalized spacial score (nSPS) is 16.4. The van der Waals surface area contributed by atoms with Gasteiger partial charge in [0.05, 0.1) is 58.6 Å². The van der Waals surface area contributed by atoms with Gasteiger partial charge in [0.25, 0.3) is 5.56 Å². The van der Waals surface area contributed by atoms with E-state index in [-0.39, 0.29) is 17.6 Å². The SMILES string of the molecule is COC(=O)c1ccc2c(=O)n(CC3CCCO3)c(SC(C)C(=O)Nc3c(C)nn(C)c3C)nc2c1. The van der Waals surface area contributed by atoms with Gasteiger partial charge < -0.3 is 14.8 Å². The van der Waals surface area contributed by atoms with Crippen molar-refractivity contribution in [1.29, 1.82) is 0 Å². The first-order chi connectivity index (χ1) is 16.7. The number of nitrogens with one attached hydrogen (secondary N) is 1. The van der Waals surface area contributed by atoms with Crippen LogP contribution >= 0.6 is 11.8 Å². The fraction of sp³-hybridized carbons (Fsp3) is 0.458. The molecule has 11 heteroatoms. The van der Waals surface area contributed by atoms with Gasteiger partial charge in [0.15, 0.2) is 5.16 Å². The van der Waals surface area contributed by atoms with E-state index in [4.69, 9.17) is 14.5 Å². The van der Waals surface area contributed by atoms with Crippen molar-refractivity contribution in [2.75, 3.05) is 19.0 Å². The maximum atomic E-state index is 13.4. The lowest BCUT2D eigenvalue weighted by atomic mass is 10.1. The number of benzene rings is 1. The molecule has 1 fully saturated rings. The predicted molar refractivity (Wildman–Crippen MR) is 133 cm³/mol. The number of nitrogens with zero attached hydrogens (tertiary/aromatic N) is 4. The van der Waals surface area contributed by atoms with E-state index in [0.717, 1.165) is 24.2 Å². The van der Waals surface area contributed by atoms with Crippen molar-refractivity contribution in [3.8, 4) is 0 Å². The number of methoxy groups -OCH3 is 1. The molecule has 3 heterocycles. The molecule has 2 atom stereocenters. The summed E-state index contributed by atoms with van der Waals surface area (Å²) in [7, 11) is 3.12. The number of aromatic nitrogens is 4. The van der Waals surface area contributed by atoms with Crippen LogP contribution in [0.5, 0.6) is 0 Å². The Kier molecular flexibility index (Phi) is 7.27. The predicted octanol–water partition coefficient (Wildman–Crippen LogP) is 2.83. The van der Waals surface area contributed by atoms with Crippen molar-refractivity contribution in [2.45, 2.75) is 56.7 Å². The number of esters is 1. The molecule has 4 rings (SSSR count). The molecule has 2 aromatic heterocycles. The molecule has 1 aliphatic heterocycles. The number of fused-ring (bicyclic) bond motifs is 1. The first-order valence-electron chi connectivity index (χ1n) is 11.4. The number of anilines is 1. The Bertz CT molecular complexity index is 1340. The van der Waals surface area contributed by atoms with Gasteiger partial charge in [-0.1, -0.05) is 11.8 Å². The third-order valence-corrected chi connectivity index (χ3v) is 7.25. The average Bonchev–Trinajstić information content (AvgIpc) is 3.44. The topological polar surface area (TPSA) is 117 Å². The van der Waals surface area contributed by atoms with E-state index in [9.17, 15) is 14.4 Å². The second-order valence-corrected chi connectivity index (χ2v) is 9.90. The van der Waals surface area contributed by atoms with Crippen LogP contribution in [0.15, 0.2) is 28.2 Å². The maximum absolute atomic E-state index is 13.4. The van der Waals surface area contributed by atoms with Gasteiger partial charge >= 0.3 is 5.97 Å². The molecule has 0 aliphatic carbocycles. The molecule has 1 aromatic carbocycles. The van der Waals surface area contributed by atoms with Crippen LogP contribution in [0.4, 0.5) is 5.69 Å². The van der Waals surface area contributed by atoms with Gasteiger partial charge in [-0.3, -0.25) is 18.8 Å². The van der Waals surface area contributed by atoms with Crippen molar-refractivity contribution < 1.29 is 19.1 Å². The second-order valence-electron chi connectivity index (χ2n) is 8.59. The van der Waals surface area contributed by atoms with Gasteiger partial charge in [-0.05, 0) is 51.8 Å². The summed E-state index contributed by atoms with van der Waals surface area (Å²) < 4.78 is 13.8. The van der Waals surface area contributed by atoms with Gasteiger partial charge in [0.2, 0.25) is 5.91 Å². The Morgan fingerprint density at radius 2 is 2.11 bits per heavy atom. The molecule has 1 saturated heterocycles.